The molecule has 504 valence electrons. The summed E-state index contributed by atoms with van der Waals surface area (Å²) in [5, 5.41) is 184. The largest absolute Gasteiger partial charge is 0.396 e. The first kappa shape index (κ1) is 81.5. The van der Waals surface area contributed by atoms with Gasteiger partial charge in [-0.1, -0.05) is 0 Å². The number of aliphatic hydroxyl groups excluding tert-OH is 18. The van der Waals surface area contributed by atoms with Crippen molar-refractivity contribution in [2.24, 2.45) is 0 Å². The topological polar surface area (TPSA) is 525 Å². The van der Waals surface area contributed by atoms with Gasteiger partial charge in [-0.3, -0.25) is 43.4 Å². The van der Waals surface area contributed by atoms with Crippen molar-refractivity contribution >= 4 is 41.4 Å². The van der Waals surface area contributed by atoms with Gasteiger partial charge in [-0.15, -0.1) is 0 Å². The number of nitrogens with one attached hydrogen (secondary N) is 1. The molecule has 0 aliphatic carbocycles. The van der Waals surface area contributed by atoms with Gasteiger partial charge in [-0.05, 0) is 46.3 Å². The Morgan fingerprint density at radius 3 is 1.06 bits per heavy atom. The molecule has 0 aromatic carbocycles. The van der Waals surface area contributed by atoms with Crippen molar-refractivity contribution in [3.8, 4) is 0 Å². The summed E-state index contributed by atoms with van der Waals surface area (Å²) >= 11 is 0. The second kappa shape index (κ2) is 41.6. The van der Waals surface area contributed by atoms with Gasteiger partial charge in [0.15, 0.2) is 0 Å². The molecule has 0 aliphatic rings. The molecule has 0 saturated heterocycles. The molecule has 0 aliphatic heterocycles. The summed E-state index contributed by atoms with van der Waals surface area (Å²) in [6.07, 6.45) is -27.0. The van der Waals surface area contributed by atoms with Crippen molar-refractivity contribution in [3.63, 3.8) is 0 Å². The number of carbonyl (C=O) groups is 7. The minimum Gasteiger partial charge on any atom is -0.396 e. The van der Waals surface area contributed by atoms with Crippen LogP contribution < -0.4 is 5.32 Å². The Morgan fingerprint density at radius 1 is 0.360 bits per heavy atom. The summed E-state index contributed by atoms with van der Waals surface area (Å²) in [6.45, 7) is -9.00. The van der Waals surface area contributed by atoms with E-state index in [4.69, 9.17) is 10.2 Å². The van der Waals surface area contributed by atoms with Crippen LogP contribution >= 0.6 is 0 Å². The highest BCUT2D eigenvalue weighted by Crippen LogP contribution is 2.16. The summed E-state index contributed by atoms with van der Waals surface area (Å²) in [7, 11) is 10.9. The van der Waals surface area contributed by atoms with Gasteiger partial charge < -0.3 is 132 Å². The van der Waals surface area contributed by atoms with E-state index < -0.39 is 218 Å². The van der Waals surface area contributed by atoms with Crippen LogP contribution in [-0.2, 0) is 33.6 Å². The van der Waals surface area contributed by atoms with Gasteiger partial charge in [0.2, 0.25) is 41.4 Å². The predicted octanol–water partition coefficient (Wildman–Crippen LogP) is -14.0. The van der Waals surface area contributed by atoms with Gasteiger partial charge in [0.1, 0.15) is 54.9 Å². The number of nitrogens with zero attached hydrogens (tertiary/aromatic N) is 9. The first-order valence-electron chi connectivity index (χ1n) is 27.8. The average molecular weight is 1250 g/mol. The SMILES string of the molecule is CN(C)CC(=O)N(C)CC(=O)N(C)CC(=O)N(C)C(CCCN(C[C@H](O)[C@@H](O)[C@H](O)[C@H](O)CO)C[C@H](O)[C@@H](O)[C@H](O)CCO)C(=O)N(C)CC(=O)N(C)CC(=O)N(C)CC(=O)NCCN(C[C@H](O)[C@@H](O)[C@H](O)[C@H](O)CO)C[C@H](O)[C@@H](O)[C@H](O)CCO. The highest BCUT2D eigenvalue weighted by Gasteiger charge is 2.37. The maximum Gasteiger partial charge on any atom is 0.245 e. The van der Waals surface area contributed by atoms with Gasteiger partial charge in [0, 0.05) is 94.8 Å². The molecule has 35 nitrogen and oxygen atoms in total. The first-order chi connectivity index (χ1) is 40.0. The van der Waals surface area contributed by atoms with Crippen LogP contribution in [0.4, 0.5) is 0 Å². The molecule has 0 aromatic rings. The zero-order valence-electron chi connectivity index (χ0n) is 50.4. The van der Waals surface area contributed by atoms with Gasteiger partial charge in [-0.2, -0.15) is 0 Å². The lowest BCUT2D eigenvalue weighted by molar-refractivity contribution is -0.149. The van der Waals surface area contributed by atoms with E-state index >= 15 is 0 Å². The molecule has 0 heterocycles. The van der Waals surface area contributed by atoms with E-state index in [2.05, 4.69) is 5.32 Å². The molecule has 0 aromatic heterocycles. The van der Waals surface area contributed by atoms with Crippen LogP contribution in [0.1, 0.15) is 25.7 Å². The van der Waals surface area contributed by atoms with Crippen LogP contribution in [-0.4, -0.2) is 437 Å². The third-order valence-electron chi connectivity index (χ3n) is 14.1. The molecule has 0 fully saturated rings. The summed E-state index contributed by atoms with van der Waals surface area (Å²) < 4.78 is 0. The highest BCUT2D eigenvalue weighted by molar-refractivity contribution is 5.93. The molecule has 0 bridgehead atoms. The Morgan fingerprint density at radius 2 is 0.686 bits per heavy atom. The number of carbonyl (C=O) groups excluding carboxylic acids is 7. The standard InChI is InChI=1S/C51H100N10O25/c1-53(2)23-40(75)55(4)25-42(77)57(6)27-44(79)59(8)30(10-9-14-60(18-33(68)45(80)31(66)11-16-62)20-35(70)47(82)49(84)37(72)28-64)51(86)58(7)26-43(78)56(5)24-41(76)54(3)22-39(74)52-13-15-61(19-34(69)46(81)32(67)12-17-63)21-36(71)48(83)50(85)38(73)29-65/h30-38,45-50,62-73,80-85H,9-29H2,1-8H3,(H,52,74)/t30?,31-,32-,33+,34+,35+,36+,37-,38-,45+,46+,47-,48-,49-,50-/m1/s1. The minimum absolute atomic E-state index is 0.0127. The zero-order valence-corrected chi connectivity index (χ0v) is 50.4. The number of rotatable bonds is 45. The number of hydrogen-bond acceptors (Lipinski definition) is 28. The lowest BCUT2D eigenvalue weighted by Crippen LogP contribution is -2.54. The summed E-state index contributed by atoms with van der Waals surface area (Å²) in [6, 6.07) is -1.45. The summed E-state index contributed by atoms with van der Waals surface area (Å²) in [4.78, 5) is 104. The van der Waals surface area contributed by atoms with Crippen LogP contribution in [0, 0.1) is 0 Å². The van der Waals surface area contributed by atoms with E-state index in [0.29, 0.717) is 0 Å². The minimum atomic E-state index is -2.08. The molecule has 15 atom stereocenters. The molecule has 0 radical (unpaired) electrons. The highest BCUT2D eigenvalue weighted by atomic mass is 16.4. The van der Waals surface area contributed by atoms with Crippen molar-refractivity contribution in [2.75, 3.05) is 168 Å². The molecule has 0 spiro atoms. The first-order valence-corrected chi connectivity index (χ1v) is 27.8. The number of amides is 7. The fourth-order valence-electron chi connectivity index (χ4n) is 8.40. The van der Waals surface area contributed by atoms with Gasteiger partial charge >= 0.3 is 0 Å². The third kappa shape index (κ3) is 29.2. The molecule has 1 unspecified atom stereocenters. The molecule has 7 amide bonds. The van der Waals surface area contributed by atoms with Crippen molar-refractivity contribution in [1.29, 1.82) is 0 Å². The van der Waals surface area contributed by atoms with Gasteiger partial charge in [-0.25, -0.2) is 0 Å². The maximum absolute atomic E-state index is 14.4. The smallest absolute Gasteiger partial charge is 0.245 e. The predicted molar refractivity (Wildman–Crippen MR) is 300 cm³/mol. The summed E-state index contributed by atoms with van der Waals surface area (Å²) in [5.74, 6) is -5.05. The van der Waals surface area contributed by atoms with Gasteiger partial charge in [0.25, 0.3) is 0 Å². The van der Waals surface area contributed by atoms with E-state index in [1.165, 1.54) is 52.1 Å². The van der Waals surface area contributed by atoms with Gasteiger partial charge in [0.05, 0.1) is 89.1 Å². The van der Waals surface area contributed by atoms with Crippen molar-refractivity contribution in [2.45, 2.75) is 117 Å². The van der Waals surface area contributed by atoms with Crippen LogP contribution in [0.15, 0.2) is 0 Å². The van der Waals surface area contributed by atoms with Crippen LogP contribution in [0.25, 0.3) is 0 Å². The Bertz CT molecular complexity index is 2010. The number of likely N-dealkylation sites (N-methyl/N-ethyl adjacent to an activating group) is 7. The quantitative estimate of drug-likeness (QED) is 0.0269. The van der Waals surface area contributed by atoms with E-state index in [9.17, 15) is 115 Å². The van der Waals surface area contributed by atoms with E-state index in [1.807, 2.05) is 0 Å². The normalized spacial score (nSPS) is 17.2. The fourth-order valence-corrected chi connectivity index (χ4v) is 8.40. The van der Waals surface area contributed by atoms with Crippen molar-refractivity contribution < 1.29 is 125 Å². The van der Waals surface area contributed by atoms with E-state index in [-0.39, 0.29) is 51.9 Å². The molecule has 0 saturated carbocycles. The Labute approximate surface area is 500 Å². The lowest BCUT2D eigenvalue weighted by Gasteiger charge is -2.34. The van der Waals surface area contributed by atoms with Crippen molar-refractivity contribution in [3.05, 3.63) is 0 Å². The molecule has 35 heteroatoms. The van der Waals surface area contributed by atoms with Crippen LogP contribution in [0.3, 0.4) is 0 Å². The zero-order chi connectivity index (χ0) is 66.5. The van der Waals surface area contributed by atoms with Crippen molar-refractivity contribution in [1.82, 2.24) is 49.4 Å². The van der Waals surface area contributed by atoms with E-state index in [1.54, 1.807) is 19.0 Å². The molecular weight excluding hydrogens is 1150 g/mol. The Kier molecular flexibility index (Phi) is 39.4. The van der Waals surface area contributed by atoms with Crippen LogP contribution in [0.5, 0.6) is 0 Å². The Balaban J connectivity index is 6.46. The molecule has 19 N–H and O–H groups in total. The number of aliphatic hydroxyl groups is 18. The Hall–Kier alpha value is -4.55. The maximum atomic E-state index is 14.4. The monoisotopic (exact) mass is 1250 g/mol. The average Bonchev–Trinajstić information content (AvgIpc) is 3.67. The molecule has 86 heavy (non-hydrogen) atoms. The lowest BCUT2D eigenvalue weighted by atomic mass is 10.0. The third-order valence-corrected chi connectivity index (χ3v) is 14.1. The molecule has 0 rings (SSSR count). The molecular formula is C51H100N10O25. The summed E-state index contributed by atoms with van der Waals surface area (Å²) in [5.41, 5.74) is 0. The fraction of sp³-hybridized carbons (Fsp3) is 0.863. The van der Waals surface area contributed by atoms with Crippen LogP contribution in [0.2, 0.25) is 0 Å². The second-order valence-corrected chi connectivity index (χ2v) is 21.8. The van der Waals surface area contributed by atoms with E-state index in [0.717, 1.165) is 29.4 Å². The second-order valence-electron chi connectivity index (χ2n) is 21.8. The number of hydrogen-bond donors (Lipinski definition) is 19.